The van der Waals surface area contributed by atoms with Crippen molar-refractivity contribution in [3.63, 3.8) is 0 Å². The molecule has 0 atom stereocenters. The summed E-state index contributed by atoms with van der Waals surface area (Å²) in [5, 5.41) is 6.27. The first-order valence-corrected chi connectivity index (χ1v) is 10.2. The summed E-state index contributed by atoms with van der Waals surface area (Å²) in [6, 6.07) is 23.4. The van der Waals surface area contributed by atoms with Gasteiger partial charge in [0.1, 0.15) is 0 Å². The second-order valence-corrected chi connectivity index (χ2v) is 7.45. The van der Waals surface area contributed by atoms with Crippen molar-refractivity contribution >= 4 is 58.2 Å². The highest BCUT2D eigenvalue weighted by molar-refractivity contribution is 7.80. The fourth-order valence-corrected chi connectivity index (χ4v) is 3.10. The first-order valence-electron chi connectivity index (χ1n) is 9.41. The predicted molar refractivity (Wildman–Crippen MR) is 130 cm³/mol. The summed E-state index contributed by atoms with van der Waals surface area (Å²) in [5.41, 5.74) is 2.72. The summed E-state index contributed by atoms with van der Waals surface area (Å²) in [7, 11) is 1.72. The largest absolute Gasteiger partial charge is 0.332 e. The molecule has 0 unspecified atom stereocenters. The van der Waals surface area contributed by atoms with E-state index in [4.69, 9.17) is 23.8 Å². The number of benzene rings is 3. The first-order chi connectivity index (χ1) is 14.9. The van der Waals surface area contributed by atoms with E-state index < -0.39 is 0 Å². The van der Waals surface area contributed by atoms with Crippen molar-refractivity contribution in [1.82, 2.24) is 5.32 Å². The monoisotopic (exact) mass is 449 g/mol. The van der Waals surface area contributed by atoms with Gasteiger partial charge in [-0.15, -0.1) is 0 Å². The minimum atomic E-state index is -0.372. The van der Waals surface area contributed by atoms with E-state index in [9.17, 15) is 9.59 Å². The first kappa shape index (κ1) is 22.2. The average molecular weight is 450 g/mol. The Morgan fingerprint density at radius 3 is 2.39 bits per heavy atom. The number of nitrogens with zero attached hydrogens (tertiary/aromatic N) is 1. The highest BCUT2D eigenvalue weighted by Gasteiger charge is 2.14. The minimum absolute atomic E-state index is 0.131. The molecule has 0 bridgehead atoms. The molecule has 3 aromatic carbocycles. The maximum absolute atomic E-state index is 12.8. The van der Waals surface area contributed by atoms with Crippen molar-refractivity contribution in [1.29, 1.82) is 0 Å². The molecular formula is C24H20ClN3O2S. The van der Waals surface area contributed by atoms with Gasteiger partial charge < -0.3 is 10.2 Å². The van der Waals surface area contributed by atoms with E-state index in [0.29, 0.717) is 16.3 Å². The standard InChI is InChI=1S/C24H20ClN3O2S/c1-28(21-8-3-2-4-9-21)23(30)18-6-5-7-20(16-18)26-24(31)27-22(29)15-12-17-10-13-19(25)14-11-17/h2-16H,1H3,(H2,26,27,29,31)/b15-12+. The Morgan fingerprint density at radius 2 is 1.68 bits per heavy atom. The van der Waals surface area contributed by atoms with Crippen LogP contribution in [0.25, 0.3) is 6.08 Å². The molecule has 0 radical (unpaired) electrons. The smallest absolute Gasteiger partial charge is 0.258 e. The molecule has 3 rings (SSSR count). The van der Waals surface area contributed by atoms with Gasteiger partial charge in [-0.05, 0) is 66.3 Å². The highest BCUT2D eigenvalue weighted by Crippen LogP contribution is 2.17. The van der Waals surface area contributed by atoms with E-state index in [1.165, 1.54) is 6.08 Å². The van der Waals surface area contributed by atoms with E-state index in [0.717, 1.165) is 11.3 Å². The molecule has 2 N–H and O–H groups in total. The zero-order chi connectivity index (χ0) is 22.2. The van der Waals surface area contributed by atoms with E-state index in [1.54, 1.807) is 66.6 Å². The number of anilines is 2. The van der Waals surface area contributed by atoms with Crippen LogP contribution in [0, 0.1) is 0 Å². The molecule has 2 amide bonds. The third-order valence-electron chi connectivity index (χ3n) is 4.35. The lowest BCUT2D eigenvalue weighted by molar-refractivity contribution is -0.115. The van der Waals surface area contributed by atoms with Gasteiger partial charge in [0.05, 0.1) is 0 Å². The second-order valence-electron chi connectivity index (χ2n) is 6.61. The van der Waals surface area contributed by atoms with Crippen molar-refractivity contribution in [3.8, 4) is 0 Å². The Hall–Kier alpha value is -3.48. The number of hydrogen-bond acceptors (Lipinski definition) is 3. The van der Waals surface area contributed by atoms with Crippen molar-refractivity contribution in [2.24, 2.45) is 0 Å². The number of thiocarbonyl (C=S) groups is 1. The van der Waals surface area contributed by atoms with Crippen LogP contribution in [0.4, 0.5) is 11.4 Å². The molecule has 0 fully saturated rings. The Bertz CT molecular complexity index is 1120. The Labute approximate surface area is 191 Å². The van der Waals surface area contributed by atoms with E-state index >= 15 is 0 Å². The van der Waals surface area contributed by atoms with Gasteiger partial charge >= 0.3 is 0 Å². The molecular weight excluding hydrogens is 430 g/mol. The molecule has 3 aromatic rings. The quantitative estimate of drug-likeness (QED) is 0.418. The number of para-hydroxylation sites is 1. The molecule has 0 saturated carbocycles. The average Bonchev–Trinajstić information content (AvgIpc) is 2.78. The summed E-state index contributed by atoms with van der Waals surface area (Å²) in [6.45, 7) is 0. The number of nitrogens with one attached hydrogen (secondary N) is 2. The van der Waals surface area contributed by atoms with Gasteiger partial charge in [-0.2, -0.15) is 0 Å². The highest BCUT2D eigenvalue weighted by atomic mass is 35.5. The summed E-state index contributed by atoms with van der Waals surface area (Å²) in [5.74, 6) is -0.529. The van der Waals surface area contributed by atoms with Crippen LogP contribution in [-0.2, 0) is 4.79 Å². The third kappa shape index (κ3) is 6.50. The Balaban J connectivity index is 1.59. The van der Waals surface area contributed by atoms with Crippen molar-refractivity contribution < 1.29 is 9.59 Å². The zero-order valence-corrected chi connectivity index (χ0v) is 18.3. The fourth-order valence-electron chi connectivity index (χ4n) is 2.75. The molecule has 0 aliphatic rings. The number of carbonyl (C=O) groups excluding carboxylic acids is 2. The van der Waals surface area contributed by atoms with Gasteiger partial charge in [0, 0.05) is 35.1 Å². The van der Waals surface area contributed by atoms with Gasteiger partial charge in [-0.1, -0.05) is 48.0 Å². The van der Waals surface area contributed by atoms with Crippen LogP contribution in [0.5, 0.6) is 0 Å². The summed E-state index contributed by atoms with van der Waals surface area (Å²) >= 11 is 11.1. The van der Waals surface area contributed by atoms with E-state index in [1.807, 2.05) is 30.3 Å². The fraction of sp³-hybridized carbons (Fsp3) is 0.0417. The van der Waals surface area contributed by atoms with Crippen molar-refractivity contribution in [3.05, 3.63) is 101 Å². The topological polar surface area (TPSA) is 61.4 Å². The molecule has 0 saturated heterocycles. The van der Waals surface area contributed by atoms with Crippen LogP contribution in [0.2, 0.25) is 5.02 Å². The van der Waals surface area contributed by atoms with Crippen molar-refractivity contribution in [2.45, 2.75) is 0 Å². The summed E-state index contributed by atoms with van der Waals surface area (Å²) in [4.78, 5) is 26.4. The number of amides is 2. The van der Waals surface area contributed by atoms with Crippen LogP contribution in [-0.4, -0.2) is 24.0 Å². The van der Waals surface area contributed by atoms with Crippen LogP contribution < -0.4 is 15.5 Å². The lowest BCUT2D eigenvalue weighted by atomic mass is 10.1. The Morgan fingerprint density at radius 1 is 0.968 bits per heavy atom. The van der Waals surface area contributed by atoms with Gasteiger partial charge in [0.25, 0.3) is 5.91 Å². The predicted octanol–water partition coefficient (Wildman–Crippen LogP) is 5.14. The number of hydrogen-bond donors (Lipinski definition) is 2. The Kier molecular flexibility index (Phi) is 7.54. The number of carbonyl (C=O) groups is 2. The summed E-state index contributed by atoms with van der Waals surface area (Å²) < 4.78 is 0. The van der Waals surface area contributed by atoms with Crippen LogP contribution >= 0.6 is 23.8 Å². The molecule has 31 heavy (non-hydrogen) atoms. The SMILES string of the molecule is CN(C(=O)c1cccc(NC(=S)NC(=O)/C=C/c2ccc(Cl)cc2)c1)c1ccccc1. The molecule has 0 aliphatic heterocycles. The summed E-state index contributed by atoms with van der Waals surface area (Å²) in [6.07, 6.45) is 3.04. The molecule has 0 aromatic heterocycles. The molecule has 0 heterocycles. The van der Waals surface area contributed by atoms with E-state index in [-0.39, 0.29) is 16.9 Å². The van der Waals surface area contributed by atoms with Crippen LogP contribution in [0.3, 0.4) is 0 Å². The number of halogens is 1. The minimum Gasteiger partial charge on any atom is -0.332 e. The van der Waals surface area contributed by atoms with Gasteiger partial charge in [0.2, 0.25) is 5.91 Å². The molecule has 0 spiro atoms. The van der Waals surface area contributed by atoms with Gasteiger partial charge in [-0.25, -0.2) is 0 Å². The third-order valence-corrected chi connectivity index (χ3v) is 4.81. The lowest BCUT2D eigenvalue weighted by Crippen LogP contribution is -2.33. The van der Waals surface area contributed by atoms with Gasteiger partial charge in [0.15, 0.2) is 5.11 Å². The maximum atomic E-state index is 12.8. The lowest BCUT2D eigenvalue weighted by Gasteiger charge is -2.18. The van der Waals surface area contributed by atoms with Crippen molar-refractivity contribution in [2.75, 3.05) is 17.3 Å². The molecule has 7 heteroatoms. The second kappa shape index (κ2) is 10.5. The van der Waals surface area contributed by atoms with Gasteiger partial charge in [-0.3, -0.25) is 14.9 Å². The van der Waals surface area contributed by atoms with Crippen LogP contribution in [0.15, 0.2) is 84.9 Å². The molecule has 5 nitrogen and oxygen atoms in total. The zero-order valence-electron chi connectivity index (χ0n) is 16.7. The molecule has 156 valence electrons. The molecule has 0 aliphatic carbocycles. The van der Waals surface area contributed by atoms with Crippen LogP contribution in [0.1, 0.15) is 15.9 Å². The maximum Gasteiger partial charge on any atom is 0.258 e. The normalized spacial score (nSPS) is 10.5. The van der Waals surface area contributed by atoms with E-state index in [2.05, 4.69) is 10.6 Å². The number of rotatable bonds is 5.